The number of hydrogen-bond donors (Lipinski definition) is 4. The first kappa shape index (κ1) is 9.75. The van der Waals surface area contributed by atoms with E-state index >= 15 is 0 Å². The molecule has 0 aromatic heterocycles. The predicted molar refractivity (Wildman–Crippen MR) is 50.0 cm³/mol. The largest absolute Gasteiger partial charge is 0.376 e. The van der Waals surface area contributed by atoms with E-state index in [1.54, 1.807) is 0 Å². The summed E-state index contributed by atoms with van der Waals surface area (Å²) >= 11 is 0. The maximum atomic E-state index is 5.41. The van der Waals surface area contributed by atoms with Gasteiger partial charge in [-0.15, -0.1) is 0 Å². The van der Waals surface area contributed by atoms with E-state index in [4.69, 9.17) is 21.9 Å². The third-order valence-electron chi connectivity index (χ3n) is 1.43. The van der Waals surface area contributed by atoms with Crippen LogP contribution < -0.4 is 22.5 Å². The van der Waals surface area contributed by atoms with E-state index in [2.05, 4.69) is 15.3 Å². The molecule has 1 aliphatic rings. The highest BCUT2D eigenvalue weighted by molar-refractivity contribution is 5.92. The molecule has 7 N–H and O–H groups in total. The van der Waals surface area contributed by atoms with Crippen LogP contribution in [0.3, 0.4) is 0 Å². The van der Waals surface area contributed by atoms with E-state index in [0.29, 0.717) is 13.2 Å². The van der Waals surface area contributed by atoms with Gasteiger partial charge >= 0.3 is 0 Å². The monoisotopic (exact) mass is 186 g/mol. The van der Waals surface area contributed by atoms with E-state index in [1.165, 1.54) is 0 Å². The van der Waals surface area contributed by atoms with Crippen molar-refractivity contribution in [3.63, 3.8) is 0 Å². The van der Waals surface area contributed by atoms with Crippen LogP contribution in [0.25, 0.3) is 0 Å². The number of ether oxygens (including phenoxy) is 1. The number of nitrogens with one attached hydrogen (secondary N) is 1. The number of nitrogens with zero attached hydrogens (tertiary/aromatic N) is 2. The molecule has 0 saturated carbocycles. The lowest BCUT2D eigenvalue weighted by molar-refractivity contribution is 0.0796. The molecule has 1 heterocycles. The minimum absolute atomic E-state index is 0.0583. The second-order valence-electron chi connectivity index (χ2n) is 2.57. The highest BCUT2D eigenvalue weighted by Crippen LogP contribution is 1.94. The Bertz CT molecular complexity index is 215. The molecule has 1 aliphatic heterocycles. The molecule has 1 rings (SSSR count). The molecule has 0 aromatic rings. The minimum Gasteiger partial charge on any atom is -0.376 e. The minimum atomic E-state index is -0.156. The zero-order chi connectivity index (χ0) is 9.68. The Balaban J connectivity index is 2.48. The summed E-state index contributed by atoms with van der Waals surface area (Å²) in [5, 5.41) is 3.08. The quantitative estimate of drug-likeness (QED) is 0.266. The zero-order valence-electron chi connectivity index (χ0n) is 7.23. The summed E-state index contributed by atoms with van der Waals surface area (Å²) in [6, 6.07) is 0. The molecule has 0 aromatic carbocycles. The first-order chi connectivity index (χ1) is 6.18. The molecular weight excluding hydrogens is 172 g/mol. The van der Waals surface area contributed by atoms with Crippen LogP contribution in [0.2, 0.25) is 0 Å². The van der Waals surface area contributed by atoms with Gasteiger partial charge in [0.2, 0.25) is 5.96 Å². The molecule has 1 fully saturated rings. The molecular formula is C6H14N6O. The number of aliphatic imine (C=N–C) groups is 2. The van der Waals surface area contributed by atoms with Crippen LogP contribution in [0.15, 0.2) is 9.98 Å². The van der Waals surface area contributed by atoms with Crippen LogP contribution in [0.4, 0.5) is 0 Å². The molecule has 0 radical (unpaired) electrons. The highest BCUT2D eigenvalue weighted by atomic mass is 16.5. The van der Waals surface area contributed by atoms with Crippen LogP contribution in [0.5, 0.6) is 0 Å². The molecule has 0 spiro atoms. The van der Waals surface area contributed by atoms with Gasteiger partial charge in [0, 0.05) is 6.54 Å². The van der Waals surface area contributed by atoms with E-state index in [1.807, 2.05) is 0 Å². The Morgan fingerprint density at radius 3 is 2.69 bits per heavy atom. The molecule has 74 valence electrons. The standard InChI is InChI=1S/C6H14N6O/c7-5(8)12-6(9)11-4-3-13-2-1-10-4/h4,10H,1-3H2,(H6,7,8,9,11,12). The first-order valence-electron chi connectivity index (χ1n) is 3.92. The summed E-state index contributed by atoms with van der Waals surface area (Å²) in [5.74, 6) is -0.0408. The van der Waals surface area contributed by atoms with Gasteiger partial charge in [0.05, 0.1) is 13.2 Å². The van der Waals surface area contributed by atoms with Gasteiger partial charge in [-0.1, -0.05) is 0 Å². The van der Waals surface area contributed by atoms with Gasteiger partial charge in [-0.3, -0.25) is 5.32 Å². The average Bonchev–Trinajstić information content (AvgIpc) is 2.04. The van der Waals surface area contributed by atoms with Gasteiger partial charge < -0.3 is 21.9 Å². The first-order valence-corrected chi connectivity index (χ1v) is 3.92. The van der Waals surface area contributed by atoms with Crippen molar-refractivity contribution < 1.29 is 4.74 Å². The Morgan fingerprint density at radius 1 is 1.38 bits per heavy atom. The van der Waals surface area contributed by atoms with Crippen LogP contribution in [0, 0.1) is 0 Å². The zero-order valence-corrected chi connectivity index (χ0v) is 7.23. The van der Waals surface area contributed by atoms with Crippen molar-refractivity contribution in [2.45, 2.75) is 6.17 Å². The van der Waals surface area contributed by atoms with E-state index in [-0.39, 0.29) is 18.1 Å². The van der Waals surface area contributed by atoms with Gasteiger partial charge in [0.25, 0.3) is 0 Å². The van der Waals surface area contributed by atoms with Crippen molar-refractivity contribution in [3.8, 4) is 0 Å². The van der Waals surface area contributed by atoms with Crippen molar-refractivity contribution in [2.24, 2.45) is 27.2 Å². The van der Waals surface area contributed by atoms with Gasteiger partial charge in [0.15, 0.2) is 5.96 Å². The maximum Gasteiger partial charge on any atom is 0.220 e. The molecule has 13 heavy (non-hydrogen) atoms. The fourth-order valence-electron chi connectivity index (χ4n) is 0.955. The Labute approximate surface area is 76.0 Å². The molecule has 7 heteroatoms. The highest BCUT2D eigenvalue weighted by Gasteiger charge is 2.11. The fraction of sp³-hybridized carbons (Fsp3) is 0.667. The molecule has 1 saturated heterocycles. The van der Waals surface area contributed by atoms with Crippen LogP contribution in [0.1, 0.15) is 0 Å². The van der Waals surface area contributed by atoms with Gasteiger partial charge in [-0.2, -0.15) is 4.99 Å². The molecule has 7 nitrogen and oxygen atoms in total. The summed E-state index contributed by atoms with van der Waals surface area (Å²) in [4.78, 5) is 7.56. The van der Waals surface area contributed by atoms with Crippen LogP contribution in [-0.2, 0) is 4.74 Å². The van der Waals surface area contributed by atoms with Crippen molar-refractivity contribution in [2.75, 3.05) is 19.8 Å². The SMILES string of the molecule is NC(N)=NC(N)=NC1COCCN1. The van der Waals surface area contributed by atoms with E-state index < -0.39 is 0 Å². The molecule has 1 atom stereocenters. The van der Waals surface area contributed by atoms with Gasteiger partial charge in [0.1, 0.15) is 6.17 Å². The van der Waals surface area contributed by atoms with Crippen molar-refractivity contribution in [3.05, 3.63) is 0 Å². The lowest BCUT2D eigenvalue weighted by Gasteiger charge is -2.20. The smallest absolute Gasteiger partial charge is 0.220 e. The maximum absolute atomic E-state index is 5.41. The Morgan fingerprint density at radius 2 is 2.15 bits per heavy atom. The molecule has 0 aliphatic carbocycles. The summed E-state index contributed by atoms with van der Waals surface area (Å²) in [6.45, 7) is 1.93. The molecule has 0 amide bonds. The fourth-order valence-corrected chi connectivity index (χ4v) is 0.955. The topological polar surface area (TPSA) is 124 Å². The predicted octanol–water partition coefficient (Wildman–Crippen LogP) is -2.48. The van der Waals surface area contributed by atoms with E-state index in [9.17, 15) is 0 Å². The molecule has 0 bridgehead atoms. The summed E-state index contributed by atoms with van der Waals surface area (Å²) in [7, 11) is 0. The Hall–Kier alpha value is -1.34. The number of hydrogen-bond acceptors (Lipinski definition) is 3. The summed E-state index contributed by atoms with van der Waals surface area (Å²) in [5.41, 5.74) is 15.6. The third-order valence-corrected chi connectivity index (χ3v) is 1.43. The van der Waals surface area contributed by atoms with Gasteiger partial charge in [-0.05, 0) is 0 Å². The normalized spacial score (nSPS) is 24.0. The lowest BCUT2D eigenvalue weighted by atomic mass is 10.4. The second kappa shape index (κ2) is 4.63. The third kappa shape index (κ3) is 3.72. The van der Waals surface area contributed by atoms with Gasteiger partial charge in [-0.25, -0.2) is 4.99 Å². The summed E-state index contributed by atoms with van der Waals surface area (Å²) < 4.78 is 5.15. The number of rotatable bonds is 1. The lowest BCUT2D eigenvalue weighted by Crippen LogP contribution is -2.41. The van der Waals surface area contributed by atoms with Crippen LogP contribution >= 0.6 is 0 Å². The summed E-state index contributed by atoms with van der Waals surface area (Å²) in [6.07, 6.45) is -0.156. The molecule has 1 unspecified atom stereocenters. The second-order valence-corrected chi connectivity index (χ2v) is 2.57. The Kier molecular flexibility index (Phi) is 3.47. The average molecular weight is 186 g/mol. The number of nitrogens with two attached hydrogens (primary N) is 3. The van der Waals surface area contributed by atoms with Crippen molar-refractivity contribution >= 4 is 11.9 Å². The van der Waals surface area contributed by atoms with Crippen molar-refractivity contribution in [1.29, 1.82) is 0 Å². The van der Waals surface area contributed by atoms with Crippen LogP contribution in [-0.4, -0.2) is 37.8 Å². The van der Waals surface area contributed by atoms with Crippen molar-refractivity contribution in [1.82, 2.24) is 5.32 Å². The number of morpholine rings is 1. The number of guanidine groups is 2. The van der Waals surface area contributed by atoms with E-state index in [0.717, 1.165) is 6.54 Å².